The van der Waals surface area contributed by atoms with Crippen molar-refractivity contribution < 1.29 is 4.79 Å². The number of rotatable bonds is 17. The van der Waals surface area contributed by atoms with Crippen LogP contribution < -0.4 is 5.32 Å². The highest BCUT2D eigenvalue weighted by molar-refractivity contribution is 5.76. The van der Waals surface area contributed by atoms with Crippen LogP contribution in [0.15, 0.2) is 0 Å². The van der Waals surface area contributed by atoms with Crippen LogP contribution in [-0.4, -0.2) is 12.5 Å². The predicted molar refractivity (Wildman–Crippen MR) is 110 cm³/mol. The van der Waals surface area contributed by atoms with Crippen molar-refractivity contribution in [2.75, 3.05) is 6.54 Å². The van der Waals surface area contributed by atoms with E-state index < -0.39 is 0 Å². The lowest BCUT2D eigenvalue weighted by Gasteiger charge is -2.09. The minimum Gasteiger partial charge on any atom is -0.356 e. The van der Waals surface area contributed by atoms with Crippen molar-refractivity contribution in [2.45, 2.75) is 129 Å². The van der Waals surface area contributed by atoms with E-state index in [0.29, 0.717) is 11.8 Å². The third-order valence-corrected chi connectivity index (χ3v) is 5.80. The molecule has 148 valence electrons. The average Bonchev–Trinajstić information content (AvgIpc) is 3.11. The van der Waals surface area contributed by atoms with Gasteiger partial charge < -0.3 is 5.32 Å². The normalized spacial score (nSPS) is 14.9. The molecule has 1 aliphatic carbocycles. The van der Waals surface area contributed by atoms with E-state index in [2.05, 4.69) is 12.2 Å². The summed E-state index contributed by atoms with van der Waals surface area (Å²) in [4.78, 5) is 11.8. The molecule has 1 N–H and O–H groups in total. The molecule has 1 saturated carbocycles. The van der Waals surface area contributed by atoms with Gasteiger partial charge in [-0.05, 0) is 25.2 Å². The quantitative estimate of drug-likeness (QED) is 0.277. The zero-order valence-electron chi connectivity index (χ0n) is 17.1. The summed E-state index contributed by atoms with van der Waals surface area (Å²) in [6.45, 7) is 3.18. The second kappa shape index (κ2) is 16.9. The highest BCUT2D eigenvalue weighted by Crippen LogP contribution is 2.27. The summed E-state index contributed by atoms with van der Waals surface area (Å²) in [5.41, 5.74) is 0. The van der Waals surface area contributed by atoms with Gasteiger partial charge in [-0.15, -0.1) is 0 Å². The lowest BCUT2D eigenvalue weighted by molar-refractivity contribution is -0.121. The molecule has 0 aromatic heterocycles. The third-order valence-electron chi connectivity index (χ3n) is 5.80. The number of amides is 1. The maximum Gasteiger partial charge on any atom is 0.220 e. The van der Waals surface area contributed by atoms with E-state index in [1.54, 1.807) is 0 Å². The molecule has 1 amide bonds. The smallest absolute Gasteiger partial charge is 0.220 e. The lowest BCUT2D eigenvalue weighted by Crippen LogP contribution is -2.25. The van der Waals surface area contributed by atoms with Gasteiger partial charge in [0.1, 0.15) is 0 Å². The Morgan fingerprint density at radius 3 is 1.64 bits per heavy atom. The summed E-state index contributed by atoms with van der Waals surface area (Å²) in [6.07, 6.45) is 25.4. The molecule has 1 aliphatic rings. The monoisotopic (exact) mass is 351 g/mol. The number of carbonyl (C=O) groups is 1. The minimum atomic E-state index is 0.293. The molecule has 1 rings (SSSR count). The van der Waals surface area contributed by atoms with Crippen molar-refractivity contribution in [3.05, 3.63) is 0 Å². The molecule has 0 unspecified atom stereocenters. The number of unbranched alkanes of at least 4 members (excludes halogenated alkanes) is 13. The van der Waals surface area contributed by atoms with Crippen LogP contribution in [0.5, 0.6) is 0 Å². The minimum absolute atomic E-state index is 0.293. The van der Waals surface area contributed by atoms with Gasteiger partial charge in [0.05, 0.1) is 0 Å². The predicted octanol–water partition coefficient (Wildman–Crippen LogP) is 7.16. The third kappa shape index (κ3) is 14.3. The Morgan fingerprint density at radius 1 is 0.720 bits per heavy atom. The van der Waals surface area contributed by atoms with Gasteiger partial charge in [0, 0.05) is 13.0 Å². The molecular formula is C23H45NO. The average molecular weight is 352 g/mol. The Hall–Kier alpha value is -0.530. The lowest BCUT2D eigenvalue weighted by atomic mass is 10.0. The second-order valence-electron chi connectivity index (χ2n) is 8.30. The van der Waals surface area contributed by atoms with Gasteiger partial charge in [-0.25, -0.2) is 0 Å². The highest BCUT2D eigenvalue weighted by Gasteiger charge is 2.17. The number of carbonyl (C=O) groups excluding carboxylic acids is 1. The van der Waals surface area contributed by atoms with Gasteiger partial charge in [-0.1, -0.05) is 103 Å². The topological polar surface area (TPSA) is 29.1 Å². The molecule has 25 heavy (non-hydrogen) atoms. The van der Waals surface area contributed by atoms with Crippen molar-refractivity contribution in [1.29, 1.82) is 0 Å². The fourth-order valence-electron chi connectivity index (χ4n) is 4.10. The van der Waals surface area contributed by atoms with Crippen LogP contribution in [0, 0.1) is 5.92 Å². The molecule has 1 fully saturated rings. The summed E-state index contributed by atoms with van der Waals surface area (Å²) in [5, 5.41) is 3.11. The first-order chi connectivity index (χ1) is 12.3. The number of nitrogens with one attached hydrogen (secondary N) is 1. The highest BCUT2D eigenvalue weighted by atomic mass is 16.1. The molecule has 2 nitrogen and oxygen atoms in total. The standard InChI is InChI=1S/C23H45NO/c1-2-3-4-5-6-7-8-9-10-11-12-13-14-17-20-24-23(25)21-22-18-15-16-19-22/h22H,2-21H2,1H3,(H,24,25). The van der Waals surface area contributed by atoms with Crippen LogP contribution in [0.3, 0.4) is 0 Å². The maximum atomic E-state index is 11.8. The summed E-state index contributed by atoms with van der Waals surface area (Å²) in [5.74, 6) is 0.970. The summed E-state index contributed by atoms with van der Waals surface area (Å²) in [7, 11) is 0. The first kappa shape index (κ1) is 22.5. The molecule has 0 saturated heterocycles. The van der Waals surface area contributed by atoms with Crippen LogP contribution in [0.4, 0.5) is 0 Å². The zero-order chi connectivity index (χ0) is 18.0. The van der Waals surface area contributed by atoms with Crippen LogP contribution in [0.1, 0.15) is 129 Å². The summed E-state index contributed by atoms with van der Waals surface area (Å²) < 4.78 is 0. The van der Waals surface area contributed by atoms with E-state index in [4.69, 9.17) is 0 Å². The van der Waals surface area contributed by atoms with Crippen molar-refractivity contribution >= 4 is 5.91 Å². The summed E-state index contributed by atoms with van der Waals surface area (Å²) >= 11 is 0. The zero-order valence-corrected chi connectivity index (χ0v) is 17.1. The van der Waals surface area contributed by atoms with E-state index in [9.17, 15) is 4.79 Å². The van der Waals surface area contributed by atoms with Gasteiger partial charge in [0.25, 0.3) is 0 Å². The Balaban J connectivity index is 1.71. The maximum absolute atomic E-state index is 11.8. The Morgan fingerprint density at radius 2 is 1.16 bits per heavy atom. The van der Waals surface area contributed by atoms with Gasteiger partial charge in [-0.3, -0.25) is 4.79 Å². The van der Waals surface area contributed by atoms with E-state index in [1.807, 2.05) is 0 Å². The van der Waals surface area contributed by atoms with Crippen LogP contribution in [-0.2, 0) is 4.79 Å². The van der Waals surface area contributed by atoms with Crippen LogP contribution in [0.25, 0.3) is 0 Å². The largest absolute Gasteiger partial charge is 0.356 e. The molecule has 0 heterocycles. The van der Waals surface area contributed by atoms with Gasteiger partial charge in [0.15, 0.2) is 0 Å². The molecule has 0 radical (unpaired) electrons. The molecule has 0 bridgehead atoms. The van der Waals surface area contributed by atoms with Crippen LogP contribution in [0.2, 0.25) is 0 Å². The van der Waals surface area contributed by atoms with Crippen molar-refractivity contribution in [3.8, 4) is 0 Å². The molecule has 0 aromatic rings. The van der Waals surface area contributed by atoms with E-state index in [1.165, 1.54) is 109 Å². The van der Waals surface area contributed by atoms with E-state index in [-0.39, 0.29) is 0 Å². The van der Waals surface area contributed by atoms with E-state index >= 15 is 0 Å². The second-order valence-corrected chi connectivity index (χ2v) is 8.30. The fraction of sp³-hybridized carbons (Fsp3) is 0.957. The van der Waals surface area contributed by atoms with Gasteiger partial charge in [-0.2, -0.15) is 0 Å². The van der Waals surface area contributed by atoms with Crippen molar-refractivity contribution in [1.82, 2.24) is 5.32 Å². The first-order valence-electron chi connectivity index (χ1n) is 11.6. The molecule has 0 atom stereocenters. The van der Waals surface area contributed by atoms with E-state index in [0.717, 1.165) is 19.4 Å². The Bertz CT molecular complexity index is 296. The van der Waals surface area contributed by atoms with Gasteiger partial charge >= 0.3 is 0 Å². The van der Waals surface area contributed by atoms with Crippen molar-refractivity contribution in [2.24, 2.45) is 5.92 Å². The molecule has 0 spiro atoms. The first-order valence-corrected chi connectivity index (χ1v) is 11.6. The summed E-state index contributed by atoms with van der Waals surface area (Å²) in [6, 6.07) is 0. The number of hydrogen-bond donors (Lipinski definition) is 1. The Kier molecular flexibility index (Phi) is 15.2. The number of hydrogen-bond acceptors (Lipinski definition) is 1. The molecule has 2 heteroatoms. The Labute approximate surface area is 157 Å². The molecule has 0 aliphatic heterocycles. The van der Waals surface area contributed by atoms with Crippen LogP contribution >= 0.6 is 0 Å². The molecule has 0 aromatic carbocycles. The fourth-order valence-corrected chi connectivity index (χ4v) is 4.10. The SMILES string of the molecule is CCCCCCCCCCCCCCCCNC(=O)CC1CCCC1. The molecular weight excluding hydrogens is 306 g/mol. The van der Waals surface area contributed by atoms with Gasteiger partial charge in [0.2, 0.25) is 5.91 Å². The van der Waals surface area contributed by atoms with Crippen molar-refractivity contribution in [3.63, 3.8) is 0 Å².